The smallest absolute Gasteiger partial charge is 0.293 e. The Morgan fingerprint density at radius 1 is 1.44 bits per heavy atom. The predicted octanol–water partition coefficient (Wildman–Crippen LogP) is 2.90. The lowest BCUT2D eigenvalue weighted by Gasteiger charge is -1.99. The van der Waals surface area contributed by atoms with E-state index in [-0.39, 0.29) is 0 Å². The van der Waals surface area contributed by atoms with E-state index in [1.54, 1.807) is 0 Å². The van der Waals surface area contributed by atoms with E-state index in [0.29, 0.717) is 13.1 Å². The van der Waals surface area contributed by atoms with E-state index in [1.165, 1.54) is 6.42 Å². The molecule has 2 nitrogen and oxygen atoms in total. The maximum atomic E-state index is 10.1. The Morgan fingerprint density at radius 2 is 2.31 bits per heavy atom. The zero-order chi connectivity index (χ0) is 11.6. The normalized spacial score (nSPS) is 9.06. The van der Waals surface area contributed by atoms with Gasteiger partial charge in [0.2, 0.25) is 0 Å². The standard InChI is InChI=1S/C14H16O2/c1-2-3-4-5-7-13-8-6-9-14(10-13)11-16-12-15/h6,8-10,12H,2-4,11H2,1H3. The van der Waals surface area contributed by atoms with E-state index >= 15 is 0 Å². The molecule has 0 bridgehead atoms. The summed E-state index contributed by atoms with van der Waals surface area (Å²) in [5.41, 5.74) is 1.94. The lowest BCUT2D eigenvalue weighted by Crippen LogP contribution is -1.90. The van der Waals surface area contributed by atoms with Gasteiger partial charge in [0.15, 0.2) is 0 Å². The fraction of sp³-hybridized carbons (Fsp3) is 0.357. The minimum absolute atomic E-state index is 0.313. The minimum Gasteiger partial charge on any atom is -0.463 e. The van der Waals surface area contributed by atoms with Crippen molar-refractivity contribution >= 4 is 6.47 Å². The summed E-state index contributed by atoms with van der Waals surface area (Å²) >= 11 is 0. The predicted molar refractivity (Wildman–Crippen MR) is 63.7 cm³/mol. The third-order valence-electron chi connectivity index (χ3n) is 2.13. The summed E-state index contributed by atoms with van der Waals surface area (Å²) in [4.78, 5) is 10.1. The average Bonchev–Trinajstić information content (AvgIpc) is 2.33. The summed E-state index contributed by atoms with van der Waals surface area (Å²) in [7, 11) is 0. The quantitative estimate of drug-likeness (QED) is 0.430. The highest BCUT2D eigenvalue weighted by molar-refractivity contribution is 5.39. The summed E-state index contributed by atoms with van der Waals surface area (Å²) in [5.74, 6) is 6.23. The number of unbranched alkanes of at least 4 members (excludes halogenated alkanes) is 2. The molecular weight excluding hydrogens is 200 g/mol. The SMILES string of the molecule is CCCCC#Cc1cccc(COC=O)c1. The molecule has 0 radical (unpaired) electrons. The fourth-order valence-corrected chi connectivity index (χ4v) is 1.30. The largest absolute Gasteiger partial charge is 0.463 e. The Labute approximate surface area is 96.6 Å². The van der Waals surface area contributed by atoms with Crippen molar-refractivity contribution in [3.8, 4) is 11.8 Å². The molecule has 1 rings (SSSR count). The van der Waals surface area contributed by atoms with Gasteiger partial charge in [0.1, 0.15) is 6.61 Å². The first kappa shape index (κ1) is 12.3. The average molecular weight is 216 g/mol. The van der Waals surface area contributed by atoms with Gasteiger partial charge in [0.05, 0.1) is 0 Å². The molecule has 0 saturated heterocycles. The van der Waals surface area contributed by atoms with Crippen LogP contribution in [-0.2, 0) is 16.1 Å². The molecule has 0 amide bonds. The Hall–Kier alpha value is -1.75. The molecule has 1 aromatic carbocycles. The molecular formula is C14H16O2. The van der Waals surface area contributed by atoms with Gasteiger partial charge >= 0.3 is 0 Å². The summed E-state index contributed by atoms with van der Waals surface area (Å²) in [6.45, 7) is 2.92. The number of ether oxygens (including phenoxy) is 1. The van der Waals surface area contributed by atoms with Gasteiger partial charge in [-0.15, -0.1) is 0 Å². The van der Waals surface area contributed by atoms with E-state index < -0.39 is 0 Å². The third-order valence-corrected chi connectivity index (χ3v) is 2.13. The van der Waals surface area contributed by atoms with Gasteiger partial charge in [-0.25, -0.2) is 0 Å². The second-order valence-electron chi connectivity index (χ2n) is 3.51. The second-order valence-corrected chi connectivity index (χ2v) is 3.51. The van der Waals surface area contributed by atoms with Crippen LogP contribution in [0.2, 0.25) is 0 Å². The van der Waals surface area contributed by atoms with E-state index in [0.717, 1.165) is 24.0 Å². The number of benzene rings is 1. The number of carbonyl (C=O) groups is 1. The Kier molecular flexibility index (Phi) is 5.80. The van der Waals surface area contributed by atoms with E-state index in [2.05, 4.69) is 23.5 Å². The van der Waals surface area contributed by atoms with Gasteiger partial charge in [0.25, 0.3) is 6.47 Å². The molecule has 0 aliphatic heterocycles. The van der Waals surface area contributed by atoms with Crippen molar-refractivity contribution in [2.45, 2.75) is 32.8 Å². The highest BCUT2D eigenvalue weighted by atomic mass is 16.5. The molecule has 0 unspecified atom stereocenters. The Morgan fingerprint density at radius 3 is 3.06 bits per heavy atom. The lowest BCUT2D eigenvalue weighted by molar-refractivity contribution is -0.129. The highest BCUT2D eigenvalue weighted by Gasteiger charge is 1.93. The molecule has 0 spiro atoms. The monoisotopic (exact) mass is 216 g/mol. The lowest BCUT2D eigenvalue weighted by atomic mass is 10.1. The van der Waals surface area contributed by atoms with E-state index in [1.807, 2.05) is 24.3 Å². The van der Waals surface area contributed by atoms with Crippen LogP contribution in [-0.4, -0.2) is 6.47 Å². The Bertz CT molecular complexity index is 385. The zero-order valence-electron chi connectivity index (χ0n) is 9.53. The number of hydrogen-bond donors (Lipinski definition) is 0. The van der Waals surface area contributed by atoms with Crippen LogP contribution in [0.1, 0.15) is 37.3 Å². The number of rotatable bonds is 5. The molecule has 0 N–H and O–H groups in total. The van der Waals surface area contributed by atoms with Gasteiger partial charge in [-0.3, -0.25) is 4.79 Å². The molecule has 0 heterocycles. The summed E-state index contributed by atoms with van der Waals surface area (Å²) in [6.07, 6.45) is 3.24. The van der Waals surface area contributed by atoms with Gasteiger partial charge < -0.3 is 4.74 Å². The van der Waals surface area contributed by atoms with Crippen LogP contribution in [0.4, 0.5) is 0 Å². The Balaban J connectivity index is 2.58. The molecule has 0 saturated carbocycles. The molecule has 0 aromatic heterocycles. The summed E-state index contributed by atoms with van der Waals surface area (Å²) in [6, 6.07) is 7.75. The third kappa shape index (κ3) is 4.65. The van der Waals surface area contributed by atoms with Gasteiger partial charge in [-0.05, 0) is 24.1 Å². The summed E-state index contributed by atoms with van der Waals surface area (Å²) < 4.78 is 4.69. The first-order valence-corrected chi connectivity index (χ1v) is 5.50. The van der Waals surface area contributed by atoms with Crippen LogP contribution in [0.25, 0.3) is 0 Å². The maximum Gasteiger partial charge on any atom is 0.293 e. The molecule has 1 aromatic rings. The maximum absolute atomic E-state index is 10.1. The van der Waals surface area contributed by atoms with Gasteiger partial charge in [0, 0.05) is 12.0 Å². The first-order chi connectivity index (χ1) is 7.86. The van der Waals surface area contributed by atoms with Crippen LogP contribution >= 0.6 is 0 Å². The fourth-order valence-electron chi connectivity index (χ4n) is 1.30. The zero-order valence-corrected chi connectivity index (χ0v) is 9.53. The van der Waals surface area contributed by atoms with Crippen LogP contribution < -0.4 is 0 Å². The van der Waals surface area contributed by atoms with Crippen LogP contribution in [0.5, 0.6) is 0 Å². The van der Waals surface area contributed by atoms with Gasteiger partial charge in [-0.2, -0.15) is 0 Å². The van der Waals surface area contributed by atoms with Crippen molar-refractivity contribution in [2.75, 3.05) is 0 Å². The highest BCUT2D eigenvalue weighted by Crippen LogP contribution is 2.05. The molecule has 0 aliphatic carbocycles. The van der Waals surface area contributed by atoms with Gasteiger partial charge in [-0.1, -0.05) is 37.3 Å². The van der Waals surface area contributed by atoms with Crippen molar-refractivity contribution in [3.05, 3.63) is 35.4 Å². The molecule has 0 aliphatic rings. The van der Waals surface area contributed by atoms with Crippen LogP contribution in [0.15, 0.2) is 24.3 Å². The van der Waals surface area contributed by atoms with Crippen molar-refractivity contribution in [1.29, 1.82) is 0 Å². The second kappa shape index (κ2) is 7.53. The number of carbonyl (C=O) groups excluding carboxylic acids is 1. The van der Waals surface area contributed by atoms with Crippen molar-refractivity contribution in [2.24, 2.45) is 0 Å². The molecule has 0 atom stereocenters. The first-order valence-electron chi connectivity index (χ1n) is 5.50. The molecule has 2 heteroatoms. The van der Waals surface area contributed by atoms with E-state index in [9.17, 15) is 4.79 Å². The summed E-state index contributed by atoms with van der Waals surface area (Å²) in [5, 5.41) is 0. The topological polar surface area (TPSA) is 26.3 Å². The minimum atomic E-state index is 0.313. The van der Waals surface area contributed by atoms with Crippen LogP contribution in [0, 0.1) is 11.8 Å². The molecule has 84 valence electrons. The number of hydrogen-bond acceptors (Lipinski definition) is 2. The van der Waals surface area contributed by atoms with Crippen molar-refractivity contribution in [1.82, 2.24) is 0 Å². The van der Waals surface area contributed by atoms with E-state index in [4.69, 9.17) is 0 Å². The van der Waals surface area contributed by atoms with Crippen LogP contribution in [0.3, 0.4) is 0 Å². The molecule has 16 heavy (non-hydrogen) atoms. The molecule has 0 fully saturated rings. The van der Waals surface area contributed by atoms with Crippen molar-refractivity contribution < 1.29 is 9.53 Å². The van der Waals surface area contributed by atoms with Crippen molar-refractivity contribution in [3.63, 3.8) is 0 Å².